The maximum absolute atomic E-state index is 14.3. The van der Waals surface area contributed by atoms with E-state index in [0.29, 0.717) is 10.5 Å². The lowest BCUT2D eigenvalue weighted by molar-refractivity contribution is -0.190. The molecular formula is C27H28F4N4O3S. The highest BCUT2D eigenvalue weighted by atomic mass is 32.2. The predicted octanol–water partition coefficient (Wildman–Crippen LogP) is 4.57. The average molecular weight is 565 g/mol. The molecule has 0 N–H and O–H groups in total. The van der Waals surface area contributed by atoms with E-state index in [1.165, 1.54) is 18.2 Å². The molecule has 0 radical (unpaired) electrons. The highest BCUT2D eigenvalue weighted by Gasteiger charge is 2.57. The molecule has 2 aromatic heterocycles. The molecule has 12 heteroatoms. The fraction of sp³-hybridized carbons (Fsp3) is 0.519. The van der Waals surface area contributed by atoms with Gasteiger partial charge >= 0.3 is 6.18 Å². The van der Waals surface area contributed by atoms with Gasteiger partial charge in [-0.25, -0.2) is 17.9 Å². The molecule has 3 heterocycles. The Bertz CT molecular complexity index is 1560. The number of hydrogen-bond acceptors (Lipinski definition) is 5. The molecule has 1 saturated heterocycles. The second-order valence-corrected chi connectivity index (χ2v) is 13.6. The van der Waals surface area contributed by atoms with Crippen LogP contribution in [0, 0.1) is 17.8 Å². The van der Waals surface area contributed by atoms with E-state index in [2.05, 4.69) is 17.0 Å². The third-order valence-corrected chi connectivity index (χ3v) is 10.8. The normalized spacial score (nSPS) is 27.0. The van der Waals surface area contributed by atoms with Crippen LogP contribution in [0.3, 0.4) is 0 Å². The first kappa shape index (κ1) is 26.2. The summed E-state index contributed by atoms with van der Waals surface area (Å²) in [6.07, 6.45) is -1.13. The van der Waals surface area contributed by atoms with Crippen molar-refractivity contribution >= 4 is 21.4 Å². The van der Waals surface area contributed by atoms with Crippen molar-refractivity contribution in [1.82, 2.24) is 19.5 Å². The van der Waals surface area contributed by atoms with Gasteiger partial charge in [0, 0.05) is 42.1 Å². The lowest BCUT2D eigenvalue weighted by atomic mass is 9.59. The van der Waals surface area contributed by atoms with Gasteiger partial charge in [0.25, 0.3) is 0 Å². The smallest absolute Gasteiger partial charge is 0.330 e. The van der Waals surface area contributed by atoms with E-state index in [1.54, 1.807) is 22.8 Å². The summed E-state index contributed by atoms with van der Waals surface area (Å²) in [6, 6.07) is 5.29. The number of amides is 1. The van der Waals surface area contributed by atoms with Crippen molar-refractivity contribution in [3.8, 4) is 0 Å². The van der Waals surface area contributed by atoms with Gasteiger partial charge in [-0.05, 0) is 42.7 Å². The molecule has 0 spiro atoms. The largest absolute Gasteiger partial charge is 0.413 e. The Morgan fingerprint density at radius 3 is 2.41 bits per heavy atom. The zero-order chi connectivity index (χ0) is 27.9. The zero-order valence-electron chi connectivity index (χ0n) is 21.4. The van der Waals surface area contributed by atoms with Crippen LogP contribution in [0.1, 0.15) is 67.0 Å². The van der Waals surface area contributed by atoms with Gasteiger partial charge in [0.05, 0.1) is 17.2 Å². The quantitative estimate of drug-likeness (QED) is 0.434. The molecule has 6 rings (SSSR count). The Labute approximate surface area is 223 Å². The Morgan fingerprint density at radius 1 is 1.15 bits per heavy atom. The van der Waals surface area contributed by atoms with E-state index >= 15 is 0 Å². The Kier molecular flexibility index (Phi) is 5.87. The number of aromatic nitrogens is 3. The van der Waals surface area contributed by atoms with E-state index in [1.807, 2.05) is 0 Å². The number of fused-ring (bicyclic) bond motifs is 5. The first-order valence-corrected chi connectivity index (χ1v) is 14.8. The molecule has 3 aromatic rings. The first-order valence-electron chi connectivity index (χ1n) is 13.0. The third kappa shape index (κ3) is 4.13. The Hall–Kier alpha value is -3.02. The first-order chi connectivity index (χ1) is 18.3. The molecule has 3 aliphatic rings. The lowest BCUT2D eigenvalue weighted by Crippen LogP contribution is -2.44. The van der Waals surface area contributed by atoms with Crippen LogP contribution in [0.25, 0.3) is 5.65 Å². The number of carbonyl (C=O) groups excluding carboxylic acids is 1. The summed E-state index contributed by atoms with van der Waals surface area (Å²) in [4.78, 5) is 18.1. The molecule has 7 nitrogen and oxygen atoms in total. The van der Waals surface area contributed by atoms with Crippen LogP contribution in [0.15, 0.2) is 36.5 Å². The van der Waals surface area contributed by atoms with Gasteiger partial charge in [0.1, 0.15) is 9.84 Å². The van der Waals surface area contributed by atoms with Crippen LogP contribution in [0.5, 0.6) is 0 Å². The van der Waals surface area contributed by atoms with Gasteiger partial charge in [-0.1, -0.05) is 31.2 Å². The molecule has 208 valence electrons. The second-order valence-electron chi connectivity index (χ2n) is 11.3. The number of alkyl halides is 3. The minimum atomic E-state index is -4.72. The maximum atomic E-state index is 14.3. The summed E-state index contributed by atoms with van der Waals surface area (Å²) in [5.74, 6) is -2.41. The molecule has 4 atom stereocenters. The van der Waals surface area contributed by atoms with Crippen molar-refractivity contribution in [2.24, 2.45) is 11.8 Å². The van der Waals surface area contributed by atoms with E-state index in [9.17, 15) is 30.8 Å². The molecule has 1 aliphatic heterocycles. The van der Waals surface area contributed by atoms with Gasteiger partial charge in [-0.15, -0.1) is 5.10 Å². The van der Waals surface area contributed by atoms with E-state index in [4.69, 9.17) is 0 Å². The van der Waals surface area contributed by atoms with Gasteiger partial charge in [-0.2, -0.15) is 17.6 Å². The number of sulfone groups is 1. The van der Waals surface area contributed by atoms with Gasteiger partial charge in [0.15, 0.2) is 11.7 Å². The van der Waals surface area contributed by atoms with Crippen molar-refractivity contribution in [1.29, 1.82) is 0 Å². The van der Waals surface area contributed by atoms with Gasteiger partial charge in [0.2, 0.25) is 11.9 Å². The number of nitrogens with zero attached hydrogens (tertiary/aromatic N) is 4. The predicted molar refractivity (Wildman–Crippen MR) is 134 cm³/mol. The highest BCUT2D eigenvalue weighted by Crippen LogP contribution is 2.63. The van der Waals surface area contributed by atoms with Crippen molar-refractivity contribution in [3.05, 3.63) is 64.9 Å². The van der Waals surface area contributed by atoms with Crippen molar-refractivity contribution in [2.75, 3.05) is 18.6 Å². The van der Waals surface area contributed by atoms with Crippen LogP contribution in [-0.2, 0) is 20.0 Å². The van der Waals surface area contributed by atoms with E-state index in [-0.39, 0.29) is 47.2 Å². The number of hydrogen-bond donors (Lipinski definition) is 0. The molecule has 2 fully saturated rings. The molecule has 1 aromatic carbocycles. The van der Waals surface area contributed by atoms with Crippen LogP contribution >= 0.6 is 0 Å². The molecule has 1 saturated carbocycles. The van der Waals surface area contributed by atoms with E-state index in [0.717, 1.165) is 36.7 Å². The molecule has 39 heavy (non-hydrogen) atoms. The highest BCUT2D eigenvalue weighted by molar-refractivity contribution is 7.91. The Balaban J connectivity index is 1.31. The van der Waals surface area contributed by atoms with Crippen LogP contribution in [0.2, 0.25) is 0 Å². The third-order valence-electron chi connectivity index (χ3n) is 9.11. The summed E-state index contributed by atoms with van der Waals surface area (Å²) in [6.45, 7) is 2.12. The van der Waals surface area contributed by atoms with Crippen LogP contribution in [0.4, 0.5) is 17.6 Å². The van der Waals surface area contributed by atoms with Crippen LogP contribution < -0.4 is 0 Å². The average Bonchev–Trinajstić information content (AvgIpc) is 3.31. The second kappa shape index (κ2) is 8.74. The molecule has 0 bridgehead atoms. The summed E-state index contributed by atoms with van der Waals surface area (Å²) in [5, 5.41) is 4.02. The van der Waals surface area contributed by atoms with Crippen molar-refractivity contribution in [2.45, 2.75) is 56.2 Å². The minimum Gasteiger partial charge on any atom is -0.330 e. The monoisotopic (exact) mass is 564 g/mol. The number of rotatable bonds is 4. The van der Waals surface area contributed by atoms with Crippen molar-refractivity contribution < 1.29 is 30.8 Å². The lowest BCUT2D eigenvalue weighted by Gasteiger charge is -2.44. The summed E-state index contributed by atoms with van der Waals surface area (Å²) in [7, 11) is -2.12. The number of carbonyl (C=O) groups is 1. The van der Waals surface area contributed by atoms with Crippen molar-refractivity contribution in [3.63, 3.8) is 0 Å². The minimum absolute atomic E-state index is 0.0255. The zero-order valence-corrected chi connectivity index (χ0v) is 22.3. The standard InChI is InChI=1S/C27H28F4N4O3S/c1-26-10-7-19(26)22(18-14-32-21-13-20(28)33-35(21)24(18)26)15-3-5-16(6-4-15)23(27(29,30)31)34(2)25(36)17-8-11-39(37,38)12-9-17/h3-6,13-14,17,19,22-23H,7-12H2,1-2H3/t19?,22-,23+,26+/m0/s1. The fourth-order valence-corrected chi connectivity index (χ4v) is 8.48. The molecular weight excluding hydrogens is 536 g/mol. The number of halogens is 4. The van der Waals surface area contributed by atoms with E-state index < -0.39 is 39.8 Å². The van der Waals surface area contributed by atoms with Crippen LogP contribution in [-0.4, -0.2) is 58.6 Å². The maximum Gasteiger partial charge on any atom is 0.413 e. The fourth-order valence-electron chi connectivity index (χ4n) is 6.99. The number of benzene rings is 1. The SMILES string of the molecule is CN(C(=O)C1CCS(=O)(=O)CC1)[C@H](c1ccc([C@H]2c3cnc4cc(F)nn4c3[C@]3(C)CCC23)cc1)C(F)(F)F. The molecule has 1 amide bonds. The molecule has 1 unspecified atom stereocenters. The van der Waals surface area contributed by atoms with Gasteiger partial charge in [-0.3, -0.25) is 4.79 Å². The topological polar surface area (TPSA) is 84.6 Å². The summed E-state index contributed by atoms with van der Waals surface area (Å²) < 4.78 is 81.8. The summed E-state index contributed by atoms with van der Waals surface area (Å²) in [5.41, 5.74) is 2.74. The van der Waals surface area contributed by atoms with Gasteiger partial charge < -0.3 is 4.90 Å². The summed E-state index contributed by atoms with van der Waals surface area (Å²) >= 11 is 0. The molecule has 2 aliphatic carbocycles. The Morgan fingerprint density at radius 2 is 1.82 bits per heavy atom.